The summed E-state index contributed by atoms with van der Waals surface area (Å²) in [6.07, 6.45) is 0. The molecule has 0 aliphatic rings. The van der Waals surface area contributed by atoms with E-state index in [1.54, 1.807) is 18.2 Å². The van der Waals surface area contributed by atoms with E-state index in [0.29, 0.717) is 25.7 Å². The van der Waals surface area contributed by atoms with E-state index in [1.165, 1.54) is 11.3 Å². The Hall–Kier alpha value is -1.95. The summed E-state index contributed by atoms with van der Waals surface area (Å²) in [5, 5.41) is 12.9. The number of hydrogen-bond acceptors (Lipinski definition) is 4. The van der Waals surface area contributed by atoms with Crippen LogP contribution in [0.1, 0.15) is 15.9 Å². The number of hydrogen-bond donors (Lipinski definition) is 1. The highest BCUT2D eigenvalue weighted by atomic mass is 35.5. The van der Waals surface area contributed by atoms with Crippen molar-refractivity contribution in [2.24, 2.45) is 0 Å². The predicted octanol–water partition coefficient (Wildman–Crippen LogP) is 5.07. The highest BCUT2D eigenvalue weighted by Crippen LogP contribution is 2.31. The first-order valence-electron chi connectivity index (χ1n) is 6.70. The molecule has 0 saturated heterocycles. The number of amides is 1. The van der Waals surface area contributed by atoms with Crippen LogP contribution >= 0.6 is 34.5 Å². The molecule has 0 spiro atoms. The van der Waals surface area contributed by atoms with Gasteiger partial charge in [-0.2, -0.15) is 0 Å². The number of carbonyl (C=O) groups is 1. The van der Waals surface area contributed by atoms with Crippen molar-refractivity contribution in [3.63, 3.8) is 0 Å². The Balaban J connectivity index is 1.81. The summed E-state index contributed by atoms with van der Waals surface area (Å²) in [5.41, 5.74) is 2.31. The van der Waals surface area contributed by atoms with Crippen LogP contribution in [0.4, 0.5) is 5.13 Å². The molecular formula is C16H11Cl2N3OS. The second-order valence-corrected chi connectivity index (χ2v) is 6.60. The van der Waals surface area contributed by atoms with E-state index in [4.69, 9.17) is 23.2 Å². The van der Waals surface area contributed by atoms with Crippen molar-refractivity contribution in [1.29, 1.82) is 0 Å². The van der Waals surface area contributed by atoms with E-state index < -0.39 is 0 Å². The lowest BCUT2D eigenvalue weighted by atomic mass is 10.1. The van der Waals surface area contributed by atoms with E-state index >= 15 is 0 Å². The second kappa shape index (κ2) is 6.66. The third-order valence-electron chi connectivity index (χ3n) is 3.20. The Labute approximate surface area is 147 Å². The molecule has 2 aromatic carbocycles. The lowest BCUT2D eigenvalue weighted by Crippen LogP contribution is -2.12. The zero-order valence-corrected chi connectivity index (χ0v) is 14.3. The number of nitrogens with zero attached hydrogens (tertiary/aromatic N) is 2. The Bertz CT molecular complexity index is 879. The maximum atomic E-state index is 12.3. The van der Waals surface area contributed by atoms with E-state index in [2.05, 4.69) is 15.5 Å². The smallest absolute Gasteiger partial charge is 0.257 e. The number of anilines is 1. The van der Waals surface area contributed by atoms with Gasteiger partial charge in [0.05, 0.1) is 10.0 Å². The lowest BCUT2D eigenvalue weighted by molar-refractivity contribution is 0.102. The zero-order valence-electron chi connectivity index (χ0n) is 12.0. The van der Waals surface area contributed by atoms with Gasteiger partial charge >= 0.3 is 0 Å². The molecular weight excluding hydrogens is 353 g/mol. The van der Waals surface area contributed by atoms with E-state index in [-0.39, 0.29) is 5.91 Å². The SMILES string of the molecule is Cc1ccccc1C(=O)Nc1nnc(-c2ccc(Cl)c(Cl)c2)s1. The van der Waals surface area contributed by atoms with Crippen molar-refractivity contribution in [3.8, 4) is 10.6 Å². The fourth-order valence-electron chi connectivity index (χ4n) is 2.01. The summed E-state index contributed by atoms with van der Waals surface area (Å²) in [4.78, 5) is 12.3. The van der Waals surface area contributed by atoms with Gasteiger partial charge in [-0.15, -0.1) is 10.2 Å². The van der Waals surface area contributed by atoms with Gasteiger partial charge in [0.25, 0.3) is 5.91 Å². The van der Waals surface area contributed by atoms with Gasteiger partial charge in [-0.05, 0) is 30.7 Å². The fourth-order valence-corrected chi connectivity index (χ4v) is 3.04. The van der Waals surface area contributed by atoms with Gasteiger partial charge in [0.15, 0.2) is 0 Å². The molecule has 1 N–H and O–H groups in total. The summed E-state index contributed by atoms with van der Waals surface area (Å²) >= 11 is 13.2. The molecule has 23 heavy (non-hydrogen) atoms. The third-order valence-corrected chi connectivity index (χ3v) is 4.83. The number of benzene rings is 2. The fraction of sp³-hybridized carbons (Fsp3) is 0.0625. The molecule has 1 heterocycles. The van der Waals surface area contributed by atoms with Crippen LogP contribution in [0.15, 0.2) is 42.5 Å². The van der Waals surface area contributed by atoms with Crippen molar-refractivity contribution in [2.45, 2.75) is 6.92 Å². The normalized spacial score (nSPS) is 10.6. The number of rotatable bonds is 3. The van der Waals surface area contributed by atoms with Gasteiger partial charge < -0.3 is 0 Å². The average molecular weight is 364 g/mol. The molecule has 116 valence electrons. The molecule has 0 radical (unpaired) electrons. The molecule has 1 aromatic heterocycles. The molecule has 3 rings (SSSR count). The van der Waals surface area contributed by atoms with Gasteiger partial charge in [0, 0.05) is 11.1 Å². The first kappa shape index (κ1) is 15.9. The summed E-state index contributed by atoms with van der Waals surface area (Å²) in [6.45, 7) is 1.89. The van der Waals surface area contributed by atoms with Crippen LogP contribution < -0.4 is 5.32 Å². The predicted molar refractivity (Wildman–Crippen MR) is 94.5 cm³/mol. The molecule has 3 aromatic rings. The lowest BCUT2D eigenvalue weighted by Gasteiger charge is -2.03. The van der Waals surface area contributed by atoms with Gasteiger partial charge in [-0.25, -0.2) is 0 Å². The molecule has 0 bridgehead atoms. The molecule has 4 nitrogen and oxygen atoms in total. The number of halogens is 2. The standard InChI is InChI=1S/C16H11Cl2N3OS/c1-9-4-2-3-5-11(9)14(22)19-16-21-20-15(23-16)10-6-7-12(17)13(18)8-10/h2-8H,1H3,(H,19,21,22). The van der Waals surface area contributed by atoms with Crippen molar-refractivity contribution in [1.82, 2.24) is 10.2 Å². The van der Waals surface area contributed by atoms with Crippen molar-refractivity contribution in [2.75, 3.05) is 5.32 Å². The van der Waals surface area contributed by atoms with Crippen molar-refractivity contribution in [3.05, 3.63) is 63.6 Å². The van der Waals surface area contributed by atoms with Crippen LogP contribution in [-0.4, -0.2) is 16.1 Å². The van der Waals surface area contributed by atoms with Crippen molar-refractivity contribution >= 4 is 45.6 Å². The Kier molecular flexibility index (Phi) is 4.61. The van der Waals surface area contributed by atoms with Crippen molar-refractivity contribution < 1.29 is 4.79 Å². The minimum absolute atomic E-state index is 0.208. The van der Waals surface area contributed by atoms with Crippen LogP contribution in [-0.2, 0) is 0 Å². The zero-order chi connectivity index (χ0) is 16.4. The molecule has 1 amide bonds. The first-order valence-corrected chi connectivity index (χ1v) is 8.28. The van der Waals surface area contributed by atoms with E-state index in [1.807, 2.05) is 31.2 Å². The van der Waals surface area contributed by atoms with E-state index in [9.17, 15) is 4.79 Å². The van der Waals surface area contributed by atoms with Crippen LogP contribution in [0.2, 0.25) is 10.0 Å². The number of nitrogens with one attached hydrogen (secondary N) is 1. The van der Waals surface area contributed by atoms with Gasteiger partial charge in [-0.1, -0.05) is 58.8 Å². The Morgan fingerprint density at radius 2 is 1.87 bits per heavy atom. The summed E-state index contributed by atoms with van der Waals surface area (Å²) in [5.74, 6) is -0.208. The summed E-state index contributed by atoms with van der Waals surface area (Å²) in [6, 6.07) is 12.6. The highest BCUT2D eigenvalue weighted by Gasteiger charge is 2.13. The van der Waals surface area contributed by atoms with Crippen LogP contribution in [0.25, 0.3) is 10.6 Å². The monoisotopic (exact) mass is 363 g/mol. The Morgan fingerprint density at radius 1 is 1.09 bits per heavy atom. The highest BCUT2D eigenvalue weighted by molar-refractivity contribution is 7.18. The average Bonchev–Trinajstić information content (AvgIpc) is 2.99. The largest absolute Gasteiger partial charge is 0.296 e. The minimum Gasteiger partial charge on any atom is -0.296 e. The van der Waals surface area contributed by atoms with Gasteiger partial charge in [0.2, 0.25) is 5.13 Å². The van der Waals surface area contributed by atoms with Crippen LogP contribution in [0.5, 0.6) is 0 Å². The molecule has 0 aliphatic heterocycles. The molecule has 7 heteroatoms. The maximum Gasteiger partial charge on any atom is 0.257 e. The Morgan fingerprint density at radius 3 is 2.61 bits per heavy atom. The topological polar surface area (TPSA) is 54.9 Å². The van der Waals surface area contributed by atoms with Crippen LogP contribution in [0, 0.1) is 6.92 Å². The molecule has 0 aliphatic carbocycles. The summed E-state index contributed by atoms with van der Waals surface area (Å²) < 4.78 is 0. The minimum atomic E-state index is -0.208. The number of aryl methyl sites for hydroxylation is 1. The molecule has 0 unspecified atom stereocenters. The van der Waals surface area contributed by atoms with Crippen LogP contribution in [0.3, 0.4) is 0 Å². The summed E-state index contributed by atoms with van der Waals surface area (Å²) in [7, 11) is 0. The third kappa shape index (κ3) is 3.52. The molecule has 0 atom stereocenters. The maximum absolute atomic E-state index is 12.3. The number of aromatic nitrogens is 2. The molecule has 0 fully saturated rings. The second-order valence-electron chi connectivity index (χ2n) is 4.81. The number of carbonyl (C=O) groups excluding carboxylic acids is 1. The quantitative estimate of drug-likeness (QED) is 0.706. The molecule has 0 saturated carbocycles. The first-order chi connectivity index (χ1) is 11.0. The van der Waals surface area contributed by atoms with Gasteiger partial charge in [0.1, 0.15) is 5.01 Å². The van der Waals surface area contributed by atoms with Gasteiger partial charge in [-0.3, -0.25) is 10.1 Å². The van der Waals surface area contributed by atoms with E-state index in [0.717, 1.165) is 11.1 Å².